The molecule has 1 aromatic carbocycles. The maximum Gasteiger partial charge on any atom is 0.0973 e. The van der Waals surface area contributed by atoms with E-state index in [0.29, 0.717) is 6.54 Å². The molecule has 0 aliphatic carbocycles. The van der Waals surface area contributed by atoms with Gasteiger partial charge < -0.3 is 15.5 Å². The van der Waals surface area contributed by atoms with Crippen LogP contribution in [0.15, 0.2) is 29.2 Å². The molecule has 17 heavy (non-hydrogen) atoms. The first-order valence-corrected chi connectivity index (χ1v) is 6.91. The van der Waals surface area contributed by atoms with Gasteiger partial charge in [0.15, 0.2) is 0 Å². The highest BCUT2D eigenvalue weighted by Crippen LogP contribution is 2.19. The van der Waals surface area contributed by atoms with Crippen LogP contribution < -0.4 is 5.32 Å². The van der Waals surface area contributed by atoms with E-state index in [2.05, 4.69) is 35.8 Å². The largest absolute Gasteiger partial charge is 0.393 e. The number of benzene rings is 1. The van der Waals surface area contributed by atoms with Gasteiger partial charge in [-0.2, -0.15) is 0 Å². The van der Waals surface area contributed by atoms with Crippen LogP contribution in [0.5, 0.6) is 0 Å². The average molecular weight is 255 g/mol. The maximum absolute atomic E-state index is 9.69. The van der Waals surface area contributed by atoms with Crippen LogP contribution >= 0.6 is 11.8 Å². The fraction of sp³-hybridized carbons (Fsp3) is 0.538. The van der Waals surface area contributed by atoms with Crippen molar-refractivity contribution >= 4 is 11.8 Å². The Balaban J connectivity index is 2.54. The maximum atomic E-state index is 9.69. The Morgan fingerprint density at radius 1 is 1.35 bits per heavy atom. The third-order valence-corrected chi connectivity index (χ3v) is 3.49. The van der Waals surface area contributed by atoms with E-state index in [4.69, 9.17) is 5.11 Å². The van der Waals surface area contributed by atoms with E-state index in [0.717, 1.165) is 0 Å². The quantitative estimate of drug-likeness (QED) is 0.679. The topological polar surface area (TPSA) is 52.5 Å². The molecule has 0 aliphatic heterocycles. The lowest BCUT2D eigenvalue weighted by Gasteiger charge is -2.24. The summed E-state index contributed by atoms with van der Waals surface area (Å²) in [5, 5.41) is 21.8. The van der Waals surface area contributed by atoms with Crippen molar-refractivity contribution in [2.75, 3.05) is 19.4 Å². The summed E-state index contributed by atoms with van der Waals surface area (Å²) in [6.07, 6.45) is 2.05. The molecule has 96 valence electrons. The smallest absolute Gasteiger partial charge is 0.0973 e. The minimum Gasteiger partial charge on any atom is -0.393 e. The minimum atomic E-state index is -1.06. The SMILES string of the molecule is CSc1ccc(C(C)NCC(C)(O)CO)cc1. The molecule has 0 aromatic heterocycles. The van der Waals surface area contributed by atoms with Crippen molar-refractivity contribution in [1.82, 2.24) is 5.32 Å². The van der Waals surface area contributed by atoms with E-state index in [1.54, 1.807) is 18.7 Å². The molecule has 4 heteroatoms. The molecule has 0 radical (unpaired) electrons. The van der Waals surface area contributed by atoms with Gasteiger partial charge in [-0.05, 0) is 37.8 Å². The van der Waals surface area contributed by atoms with Crippen molar-refractivity contribution in [2.24, 2.45) is 0 Å². The molecule has 0 heterocycles. The molecule has 0 saturated carbocycles. The van der Waals surface area contributed by atoms with E-state index in [-0.39, 0.29) is 12.6 Å². The van der Waals surface area contributed by atoms with Crippen molar-refractivity contribution < 1.29 is 10.2 Å². The van der Waals surface area contributed by atoms with Gasteiger partial charge in [-0.25, -0.2) is 0 Å². The summed E-state index contributed by atoms with van der Waals surface area (Å²) >= 11 is 1.72. The van der Waals surface area contributed by atoms with Gasteiger partial charge in [0.2, 0.25) is 0 Å². The molecule has 0 spiro atoms. The van der Waals surface area contributed by atoms with Gasteiger partial charge in [-0.15, -0.1) is 11.8 Å². The lowest BCUT2D eigenvalue weighted by molar-refractivity contribution is 0.00106. The Labute approximate surface area is 107 Å². The van der Waals surface area contributed by atoms with Crippen molar-refractivity contribution in [1.29, 1.82) is 0 Å². The van der Waals surface area contributed by atoms with E-state index < -0.39 is 5.60 Å². The normalized spacial score (nSPS) is 16.5. The third-order valence-electron chi connectivity index (χ3n) is 2.75. The zero-order valence-corrected chi connectivity index (χ0v) is 11.4. The Hall–Kier alpha value is -0.550. The van der Waals surface area contributed by atoms with E-state index >= 15 is 0 Å². The molecule has 2 unspecified atom stereocenters. The second kappa shape index (κ2) is 6.40. The summed E-state index contributed by atoms with van der Waals surface area (Å²) in [7, 11) is 0. The summed E-state index contributed by atoms with van der Waals surface area (Å²) in [4.78, 5) is 1.24. The summed E-state index contributed by atoms with van der Waals surface area (Å²) in [5.74, 6) is 0. The van der Waals surface area contributed by atoms with Crippen LogP contribution in [-0.4, -0.2) is 35.2 Å². The molecule has 0 fully saturated rings. The van der Waals surface area contributed by atoms with Crippen molar-refractivity contribution in [3.63, 3.8) is 0 Å². The minimum absolute atomic E-state index is 0.156. The molecule has 1 rings (SSSR count). The van der Waals surface area contributed by atoms with Gasteiger partial charge in [0.25, 0.3) is 0 Å². The second-order valence-electron chi connectivity index (χ2n) is 4.53. The number of aliphatic hydroxyl groups excluding tert-OH is 1. The molecule has 0 bridgehead atoms. The van der Waals surface area contributed by atoms with Gasteiger partial charge in [0.1, 0.15) is 0 Å². The number of aliphatic hydroxyl groups is 2. The first-order valence-electron chi connectivity index (χ1n) is 5.69. The van der Waals surface area contributed by atoms with E-state index in [1.807, 2.05) is 6.92 Å². The zero-order valence-electron chi connectivity index (χ0n) is 10.6. The van der Waals surface area contributed by atoms with Crippen LogP contribution in [0.3, 0.4) is 0 Å². The van der Waals surface area contributed by atoms with Gasteiger partial charge in [-0.1, -0.05) is 12.1 Å². The van der Waals surface area contributed by atoms with E-state index in [9.17, 15) is 5.11 Å². The fourth-order valence-electron chi connectivity index (χ4n) is 1.44. The summed E-state index contributed by atoms with van der Waals surface area (Å²) in [5.41, 5.74) is 0.115. The number of thioether (sulfide) groups is 1. The van der Waals surface area contributed by atoms with Crippen molar-refractivity contribution in [2.45, 2.75) is 30.4 Å². The standard InChI is InChI=1S/C13H21NO2S/c1-10(14-8-13(2,16)9-15)11-4-6-12(17-3)7-5-11/h4-7,10,14-16H,8-9H2,1-3H3. The van der Waals surface area contributed by atoms with Crippen LogP contribution in [0.4, 0.5) is 0 Å². The molecule has 2 atom stereocenters. The predicted octanol–water partition coefficient (Wildman–Crippen LogP) is 1.80. The highest BCUT2D eigenvalue weighted by Gasteiger charge is 2.19. The highest BCUT2D eigenvalue weighted by atomic mass is 32.2. The monoisotopic (exact) mass is 255 g/mol. The van der Waals surface area contributed by atoms with Crippen molar-refractivity contribution in [3.8, 4) is 0 Å². The predicted molar refractivity (Wildman–Crippen MR) is 72.4 cm³/mol. The number of nitrogens with one attached hydrogen (secondary N) is 1. The average Bonchev–Trinajstić information content (AvgIpc) is 2.36. The summed E-state index contributed by atoms with van der Waals surface area (Å²) in [6.45, 7) is 3.79. The molecule has 0 saturated heterocycles. The Kier molecular flexibility index (Phi) is 5.46. The Bertz CT molecular complexity index is 338. The second-order valence-corrected chi connectivity index (χ2v) is 5.41. The van der Waals surface area contributed by atoms with Gasteiger partial charge in [0, 0.05) is 17.5 Å². The Morgan fingerprint density at radius 2 is 1.94 bits per heavy atom. The number of hydrogen-bond acceptors (Lipinski definition) is 4. The van der Waals surface area contributed by atoms with Gasteiger partial charge >= 0.3 is 0 Å². The third kappa shape index (κ3) is 4.68. The van der Waals surface area contributed by atoms with Gasteiger partial charge in [-0.3, -0.25) is 0 Å². The van der Waals surface area contributed by atoms with Crippen LogP contribution in [0, 0.1) is 0 Å². The molecule has 3 N–H and O–H groups in total. The van der Waals surface area contributed by atoms with Gasteiger partial charge in [0.05, 0.1) is 12.2 Å². The number of hydrogen-bond donors (Lipinski definition) is 3. The van der Waals surface area contributed by atoms with Crippen molar-refractivity contribution in [3.05, 3.63) is 29.8 Å². The first-order chi connectivity index (χ1) is 7.98. The van der Waals surface area contributed by atoms with Crippen LogP contribution in [0.1, 0.15) is 25.5 Å². The van der Waals surface area contributed by atoms with E-state index in [1.165, 1.54) is 10.5 Å². The molecule has 0 amide bonds. The molecule has 0 aliphatic rings. The lowest BCUT2D eigenvalue weighted by Crippen LogP contribution is -2.41. The van der Waals surface area contributed by atoms with Crippen LogP contribution in [0.25, 0.3) is 0 Å². The fourth-order valence-corrected chi connectivity index (χ4v) is 1.85. The molecular weight excluding hydrogens is 234 g/mol. The summed E-state index contributed by atoms with van der Waals surface area (Å²) < 4.78 is 0. The molecular formula is C13H21NO2S. The zero-order chi connectivity index (χ0) is 12.9. The first kappa shape index (κ1) is 14.5. The molecule has 1 aromatic rings. The Morgan fingerprint density at radius 3 is 2.41 bits per heavy atom. The number of rotatable bonds is 6. The van der Waals surface area contributed by atoms with Crippen LogP contribution in [-0.2, 0) is 0 Å². The highest BCUT2D eigenvalue weighted by molar-refractivity contribution is 7.98. The summed E-state index contributed by atoms with van der Waals surface area (Å²) in [6, 6.07) is 8.49. The lowest BCUT2D eigenvalue weighted by atomic mass is 10.1. The molecule has 3 nitrogen and oxygen atoms in total. The van der Waals surface area contributed by atoms with Crippen LogP contribution in [0.2, 0.25) is 0 Å².